The fraction of sp³-hybridized carbons (Fsp3) is 0.542. The molecular formula is C24H33N5O8S. The van der Waals surface area contributed by atoms with E-state index in [1.807, 2.05) is 11.8 Å². The summed E-state index contributed by atoms with van der Waals surface area (Å²) in [5.41, 5.74) is 6.32. The Balaban J connectivity index is 1.30. The standard InChI is InChI=1S/C24H33N5O8S/c25-19(22(32)33)21(23(34)35)37-11-13-4-3-5-14(10-13)27-18(31)8-9-26-17(30)7-2-1-6-16-20-15(12-38-16)28-24(36)29-20/h3-5,10,15-16,19-21H,1-2,6-9,11-12,25H2,(H,26,30)(H,27,31)(H,32,33)(H,34,35)(H2,28,29,36)/t15-,16-,19-,20-,21-/m0/s1. The minimum Gasteiger partial charge on any atom is -0.480 e. The summed E-state index contributed by atoms with van der Waals surface area (Å²) in [6.07, 6.45) is 1.23. The number of nitrogens with two attached hydrogens (primary N) is 1. The molecule has 8 N–H and O–H groups in total. The van der Waals surface area contributed by atoms with Crippen molar-refractivity contribution in [2.45, 2.75) is 68.2 Å². The van der Waals surface area contributed by atoms with E-state index in [0.29, 0.717) is 22.9 Å². The SMILES string of the molecule is N[C@H](C(=O)O)[C@H](OCc1cccc(NC(=O)CCNC(=O)CCCC[C@@H]2SC[C@@H]3NC(=O)N[C@@H]32)c1)C(=O)O. The number of unbranched alkanes of at least 4 members (excludes halogenated alkanes) is 1. The lowest BCUT2D eigenvalue weighted by atomic mass is 10.0. The maximum Gasteiger partial charge on any atom is 0.335 e. The van der Waals surface area contributed by atoms with E-state index in [2.05, 4.69) is 21.3 Å². The van der Waals surface area contributed by atoms with Gasteiger partial charge in [0.2, 0.25) is 11.8 Å². The predicted octanol–water partition coefficient (Wildman–Crippen LogP) is 0.239. The minimum atomic E-state index is -1.73. The zero-order chi connectivity index (χ0) is 27.7. The van der Waals surface area contributed by atoms with Crippen molar-refractivity contribution in [1.82, 2.24) is 16.0 Å². The van der Waals surface area contributed by atoms with Gasteiger partial charge in [-0.2, -0.15) is 11.8 Å². The molecule has 0 spiro atoms. The van der Waals surface area contributed by atoms with Gasteiger partial charge in [-0.1, -0.05) is 18.6 Å². The van der Waals surface area contributed by atoms with Crippen LogP contribution in [0.15, 0.2) is 24.3 Å². The summed E-state index contributed by atoms with van der Waals surface area (Å²) in [4.78, 5) is 58.0. The second-order valence-corrected chi connectivity index (χ2v) is 10.4. The molecule has 0 bridgehead atoms. The number of carboxylic acids is 2. The number of anilines is 1. The van der Waals surface area contributed by atoms with Gasteiger partial charge in [-0.15, -0.1) is 0 Å². The maximum atomic E-state index is 12.3. The fourth-order valence-corrected chi connectivity index (χ4v) is 5.83. The summed E-state index contributed by atoms with van der Waals surface area (Å²) in [6.45, 7) is -0.0370. The fourth-order valence-electron chi connectivity index (χ4n) is 4.28. The van der Waals surface area contributed by atoms with Crippen molar-refractivity contribution in [2.75, 3.05) is 17.6 Å². The first kappa shape index (κ1) is 29.2. The molecule has 1 aromatic carbocycles. The van der Waals surface area contributed by atoms with Crippen molar-refractivity contribution in [1.29, 1.82) is 0 Å². The Bertz CT molecular complexity index is 1040. The number of urea groups is 1. The Labute approximate surface area is 223 Å². The number of fused-ring (bicyclic) bond motifs is 1. The number of hydrogen-bond acceptors (Lipinski definition) is 8. The molecule has 0 aliphatic carbocycles. The second kappa shape index (κ2) is 14.0. The predicted molar refractivity (Wildman–Crippen MR) is 138 cm³/mol. The molecular weight excluding hydrogens is 518 g/mol. The number of amides is 4. The Morgan fingerprint density at radius 2 is 1.89 bits per heavy atom. The lowest BCUT2D eigenvalue weighted by molar-refractivity contribution is -0.159. The summed E-state index contributed by atoms with van der Waals surface area (Å²) in [6, 6.07) is 4.98. The normalized spacial score (nSPS) is 21.5. The third-order valence-electron chi connectivity index (χ3n) is 6.25. The number of carbonyl (C=O) groups excluding carboxylic acids is 3. The van der Waals surface area contributed by atoms with Crippen LogP contribution in [0.3, 0.4) is 0 Å². The molecule has 0 saturated carbocycles. The number of ether oxygens (including phenoxy) is 1. The van der Waals surface area contributed by atoms with Crippen LogP contribution in [0.4, 0.5) is 10.5 Å². The molecule has 2 saturated heterocycles. The summed E-state index contributed by atoms with van der Waals surface area (Å²) >= 11 is 1.84. The minimum absolute atomic E-state index is 0.0650. The third kappa shape index (κ3) is 8.60. The summed E-state index contributed by atoms with van der Waals surface area (Å²) < 4.78 is 5.17. The molecule has 0 unspecified atom stereocenters. The molecule has 14 heteroatoms. The van der Waals surface area contributed by atoms with Crippen LogP contribution in [0.25, 0.3) is 0 Å². The number of nitrogens with one attached hydrogen (secondary N) is 4. The van der Waals surface area contributed by atoms with Gasteiger partial charge >= 0.3 is 18.0 Å². The van der Waals surface area contributed by atoms with E-state index in [4.69, 9.17) is 20.7 Å². The molecule has 2 fully saturated rings. The van der Waals surface area contributed by atoms with Gasteiger partial charge in [0.15, 0.2) is 6.10 Å². The van der Waals surface area contributed by atoms with Crippen LogP contribution < -0.4 is 27.0 Å². The van der Waals surface area contributed by atoms with Gasteiger partial charge in [-0.05, 0) is 30.5 Å². The van der Waals surface area contributed by atoms with Crippen LogP contribution in [0, 0.1) is 0 Å². The highest BCUT2D eigenvalue weighted by atomic mass is 32.2. The Kier molecular flexibility index (Phi) is 10.7. The zero-order valence-corrected chi connectivity index (χ0v) is 21.5. The molecule has 2 aliphatic heterocycles. The van der Waals surface area contributed by atoms with E-state index < -0.39 is 24.1 Å². The van der Waals surface area contributed by atoms with E-state index in [9.17, 15) is 24.0 Å². The average Bonchev–Trinajstić information content (AvgIpc) is 3.41. The Morgan fingerprint density at radius 3 is 2.63 bits per heavy atom. The van der Waals surface area contributed by atoms with Crippen molar-refractivity contribution in [2.24, 2.45) is 5.73 Å². The second-order valence-electron chi connectivity index (χ2n) is 9.15. The lowest BCUT2D eigenvalue weighted by Crippen LogP contribution is -2.47. The number of benzene rings is 1. The van der Waals surface area contributed by atoms with Crippen molar-refractivity contribution in [3.8, 4) is 0 Å². The quantitative estimate of drug-likeness (QED) is 0.117. The Morgan fingerprint density at radius 1 is 1.11 bits per heavy atom. The van der Waals surface area contributed by atoms with Gasteiger partial charge in [0.05, 0.1) is 18.7 Å². The third-order valence-corrected chi connectivity index (χ3v) is 7.76. The van der Waals surface area contributed by atoms with E-state index in [1.54, 1.807) is 24.3 Å². The maximum absolute atomic E-state index is 12.3. The number of thioether (sulfide) groups is 1. The summed E-state index contributed by atoms with van der Waals surface area (Å²) in [5.74, 6) is -2.53. The lowest BCUT2D eigenvalue weighted by Gasteiger charge is -2.17. The molecule has 5 atom stereocenters. The van der Waals surface area contributed by atoms with Gasteiger partial charge in [-0.3, -0.25) is 14.4 Å². The average molecular weight is 552 g/mol. The Hall–Kier alpha value is -3.36. The molecule has 0 radical (unpaired) electrons. The highest BCUT2D eigenvalue weighted by molar-refractivity contribution is 8.00. The monoisotopic (exact) mass is 551 g/mol. The van der Waals surface area contributed by atoms with Crippen LogP contribution >= 0.6 is 11.8 Å². The van der Waals surface area contributed by atoms with Crippen molar-refractivity contribution < 1.29 is 38.9 Å². The highest BCUT2D eigenvalue weighted by Crippen LogP contribution is 2.33. The van der Waals surface area contributed by atoms with E-state index >= 15 is 0 Å². The number of carbonyl (C=O) groups is 5. The molecule has 13 nitrogen and oxygen atoms in total. The number of rotatable bonds is 15. The van der Waals surface area contributed by atoms with Crippen LogP contribution in [-0.4, -0.2) is 81.8 Å². The molecule has 0 aromatic heterocycles. The van der Waals surface area contributed by atoms with Crippen LogP contribution in [-0.2, 0) is 30.5 Å². The molecule has 3 rings (SSSR count). The first-order valence-corrected chi connectivity index (χ1v) is 13.4. The van der Waals surface area contributed by atoms with E-state index in [0.717, 1.165) is 25.0 Å². The first-order valence-electron chi connectivity index (χ1n) is 12.3. The molecule has 208 valence electrons. The number of hydrogen-bond donors (Lipinski definition) is 7. The molecule has 2 aliphatic rings. The topological polar surface area (TPSA) is 209 Å². The van der Waals surface area contributed by atoms with E-state index in [1.165, 1.54) is 0 Å². The number of aliphatic carboxylic acids is 2. The van der Waals surface area contributed by atoms with Gasteiger partial charge in [-0.25, -0.2) is 9.59 Å². The van der Waals surface area contributed by atoms with E-state index in [-0.39, 0.29) is 49.5 Å². The van der Waals surface area contributed by atoms with Crippen molar-refractivity contribution in [3.05, 3.63) is 29.8 Å². The summed E-state index contributed by atoms with van der Waals surface area (Å²) in [5, 5.41) is 29.7. The van der Waals surface area contributed by atoms with Gasteiger partial charge in [0, 0.05) is 36.1 Å². The number of carboxylic acid groups (broad SMARTS) is 2. The van der Waals surface area contributed by atoms with Crippen LogP contribution in [0.5, 0.6) is 0 Å². The molecule has 1 aromatic rings. The molecule has 38 heavy (non-hydrogen) atoms. The van der Waals surface area contributed by atoms with Crippen molar-refractivity contribution in [3.63, 3.8) is 0 Å². The van der Waals surface area contributed by atoms with Gasteiger partial charge in [0.1, 0.15) is 6.04 Å². The molecule has 4 amide bonds. The zero-order valence-electron chi connectivity index (χ0n) is 20.7. The van der Waals surface area contributed by atoms with Crippen LogP contribution in [0.1, 0.15) is 37.7 Å². The van der Waals surface area contributed by atoms with Crippen LogP contribution in [0.2, 0.25) is 0 Å². The first-order chi connectivity index (χ1) is 18.1. The molecule has 2 heterocycles. The largest absolute Gasteiger partial charge is 0.480 e. The van der Waals surface area contributed by atoms with Gasteiger partial charge in [0.25, 0.3) is 0 Å². The summed E-state index contributed by atoms with van der Waals surface area (Å²) in [7, 11) is 0. The van der Waals surface area contributed by atoms with Gasteiger partial charge < -0.3 is 42.0 Å². The highest BCUT2D eigenvalue weighted by Gasteiger charge is 2.42. The van der Waals surface area contributed by atoms with Crippen molar-refractivity contribution >= 4 is 47.2 Å². The smallest absolute Gasteiger partial charge is 0.335 e.